The quantitative estimate of drug-likeness (QED) is 0.585. The van der Waals surface area contributed by atoms with Gasteiger partial charge in [-0.15, -0.1) is 11.8 Å². The number of esters is 1. The van der Waals surface area contributed by atoms with E-state index in [0.717, 1.165) is 11.1 Å². The first-order valence-electron chi connectivity index (χ1n) is 9.81. The van der Waals surface area contributed by atoms with Gasteiger partial charge in [0.05, 0.1) is 17.4 Å². The molecule has 2 unspecified atom stereocenters. The molecular weight excluding hydrogens is 386 g/mol. The smallest absolute Gasteiger partial charge is 0.330 e. The van der Waals surface area contributed by atoms with Gasteiger partial charge < -0.3 is 14.7 Å². The summed E-state index contributed by atoms with van der Waals surface area (Å²) in [6.45, 7) is 4.10. The van der Waals surface area contributed by atoms with Crippen molar-refractivity contribution in [2.75, 3.05) is 0 Å². The van der Waals surface area contributed by atoms with E-state index in [1.807, 2.05) is 74.5 Å². The highest BCUT2D eigenvalue weighted by molar-refractivity contribution is 8.01. The van der Waals surface area contributed by atoms with Crippen LogP contribution in [0.15, 0.2) is 60.7 Å². The van der Waals surface area contributed by atoms with Gasteiger partial charge in [-0.25, -0.2) is 4.79 Å². The summed E-state index contributed by atoms with van der Waals surface area (Å²) in [7, 11) is 0. The molecule has 1 amide bonds. The molecule has 0 bridgehead atoms. The highest BCUT2D eigenvalue weighted by atomic mass is 32.2. The largest absolute Gasteiger partial charge is 0.459 e. The molecule has 2 aliphatic rings. The first kappa shape index (κ1) is 20.0. The number of nitrogens with zero attached hydrogens (tertiary/aromatic N) is 1. The van der Waals surface area contributed by atoms with Crippen LogP contribution in [0.4, 0.5) is 0 Å². The van der Waals surface area contributed by atoms with Gasteiger partial charge in [-0.1, -0.05) is 60.7 Å². The lowest BCUT2D eigenvalue weighted by atomic mass is 9.85. The fraction of sp³-hybridized carbons (Fsp3) is 0.391. The molecule has 0 aromatic heterocycles. The molecule has 0 saturated carbocycles. The Hall–Kier alpha value is -2.31. The second-order valence-electron chi connectivity index (χ2n) is 8.14. The number of thioether (sulfide) groups is 1. The number of benzene rings is 2. The fourth-order valence-electron chi connectivity index (χ4n) is 4.17. The summed E-state index contributed by atoms with van der Waals surface area (Å²) < 4.78 is 5.05. The second kappa shape index (κ2) is 7.84. The highest BCUT2D eigenvalue weighted by Gasteiger charge is 2.65. The second-order valence-corrected chi connectivity index (χ2v) is 9.91. The average molecular weight is 412 g/mol. The first-order valence-corrected chi connectivity index (χ1v) is 10.7. The molecule has 4 atom stereocenters. The Morgan fingerprint density at radius 1 is 1.10 bits per heavy atom. The Bertz CT molecular complexity index is 886. The number of carbonyl (C=O) groups excluding carboxylic acids is 2. The molecule has 0 aliphatic carbocycles. The van der Waals surface area contributed by atoms with E-state index in [0.29, 0.717) is 6.42 Å². The van der Waals surface area contributed by atoms with Gasteiger partial charge in [0.15, 0.2) is 0 Å². The predicted octanol–water partition coefficient (Wildman–Crippen LogP) is 3.01. The number of amides is 1. The molecule has 4 rings (SSSR count). The zero-order chi connectivity index (χ0) is 20.6. The molecule has 2 saturated heterocycles. The summed E-state index contributed by atoms with van der Waals surface area (Å²) in [5.41, 5.74) is 1.90. The number of aliphatic hydroxyl groups excluding tert-OH is 1. The van der Waals surface area contributed by atoms with E-state index >= 15 is 0 Å². The fourth-order valence-corrected chi connectivity index (χ4v) is 5.91. The van der Waals surface area contributed by atoms with Crippen LogP contribution in [-0.2, 0) is 27.4 Å². The Kier molecular flexibility index (Phi) is 5.40. The van der Waals surface area contributed by atoms with E-state index in [9.17, 15) is 14.7 Å². The van der Waals surface area contributed by atoms with Crippen LogP contribution in [0.5, 0.6) is 0 Å². The minimum Gasteiger partial charge on any atom is -0.459 e. The van der Waals surface area contributed by atoms with Crippen LogP contribution >= 0.6 is 11.8 Å². The third kappa shape index (κ3) is 3.79. The van der Waals surface area contributed by atoms with Crippen LogP contribution in [0, 0.1) is 5.92 Å². The van der Waals surface area contributed by atoms with Crippen molar-refractivity contribution in [1.29, 1.82) is 0 Å². The van der Waals surface area contributed by atoms with E-state index in [1.54, 1.807) is 16.7 Å². The van der Waals surface area contributed by atoms with Gasteiger partial charge in [0.1, 0.15) is 12.6 Å². The number of fused-ring (bicyclic) bond motifs is 1. The third-order valence-corrected chi connectivity index (χ3v) is 7.22. The van der Waals surface area contributed by atoms with Crippen LogP contribution in [0.3, 0.4) is 0 Å². The van der Waals surface area contributed by atoms with Gasteiger partial charge in [-0.05, 0) is 31.4 Å². The van der Waals surface area contributed by atoms with Crippen LogP contribution in [0.2, 0.25) is 0 Å². The van der Waals surface area contributed by atoms with Crippen molar-refractivity contribution in [2.24, 2.45) is 5.92 Å². The van der Waals surface area contributed by atoms with Crippen molar-refractivity contribution >= 4 is 23.6 Å². The number of ether oxygens (including phenoxy) is 1. The summed E-state index contributed by atoms with van der Waals surface area (Å²) >= 11 is 1.57. The Morgan fingerprint density at radius 3 is 2.31 bits per heavy atom. The summed E-state index contributed by atoms with van der Waals surface area (Å²) in [5.74, 6) is -1.05. The first-order chi connectivity index (χ1) is 13.9. The summed E-state index contributed by atoms with van der Waals surface area (Å²) in [4.78, 5) is 27.3. The normalized spacial score (nSPS) is 25.8. The van der Waals surface area contributed by atoms with Gasteiger partial charge in [0.2, 0.25) is 5.91 Å². The molecule has 2 aromatic rings. The zero-order valence-electron chi connectivity index (χ0n) is 16.5. The van der Waals surface area contributed by atoms with E-state index in [1.165, 1.54) is 0 Å². The number of β-lactam (4-membered cyclic amide) rings is 1. The van der Waals surface area contributed by atoms with Crippen LogP contribution in [-0.4, -0.2) is 44.1 Å². The van der Waals surface area contributed by atoms with Gasteiger partial charge in [-0.3, -0.25) is 4.79 Å². The maximum atomic E-state index is 12.9. The highest BCUT2D eigenvalue weighted by Crippen LogP contribution is 2.54. The van der Waals surface area contributed by atoms with Gasteiger partial charge >= 0.3 is 5.97 Å². The van der Waals surface area contributed by atoms with Gasteiger partial charge in [0.25, 0.3) is 0 Å². The van der Waals surface area contributed by atoms with Crippen molar-refractivity contribution in [2.45, 2.75) is 49.1 Å². The molecular formula is C23H25NO4S. The molecule has 0 radical (unpaired) electrons. The number of carbonyl (C=O) groups is 2. The van der Waals surface area contributed by atoms with E-state index in [4.69, 9.17) is 4.74 Å². The SMILES string of the molecule is CC1(C)S[C@@H]2C(C(O)Cc3ccccc3)C(=O)N2[C@H]1C(=O)OCc1ccccc1. The summed E-state index contributed by atoms with van der Waals surface area (Å²) in [6, 6.07) is 18.5. The van der Waals surface area contributed by atoms with Crippen molar-refractivity contribution in [1.82, 2.24) is 4.90 Å². The molecule has 5 nitrogen and oxygen atoms in total. The molecule has 2 fully saturated rings. The molecule has 2 aromatic carbocycles. The minimum atomic E-state index is -0.770. The molecule has 1 N–H and O–H groups in total. The van der Waals surface area contributed by atoms with E-state index in [-0.39, 0.29) is 17.9 Å². The topological polar surface area (TPSA) is 66.8 Å². The minimum absolute atomic E-state index is 0.168. The zero-order valence-corrected chi connectivity index (χ0v) is 17.3. The van der Waals surface area contributed by atoms with Crippen molar-refractivity contribution in [3.63, 3.8) is 0 Å². The lowest BCUT2D eigenvalue weighted by Gasteiger charge is -2.45. The Balaban J connectivity index is 1.44. The molecule has 0 spiro atoms. The molecule has 2 aliphatic heterocycles. The Morgan fingerprint density at radius 2 is 1.69 bits per heavy atom. The lowest BCUT2D eigenvalue weighted by Crippen LogP contribution is -2.65. The van der Waals surface area contributed by atoms with E-state index < -0.39 is 28.8 Å². The number of rotatable bonds is 6. The number of aliphatic hydroxyl groups is 1. The van der Waals surface area contributed by atoms with Crippen molar-refractivity contribution in [3.8, 4) is 0 Å². The summed E-state index contributed by atoms with van der Waals surface area (Å²) in [6.07, 6.45) is -0.348. The predicted molar refractivity (Wildman–Crippen MR) is 112 cm³/mol. The maximum absolute atomic E-state index is 12.9. The number of hydrogen-bond donors (Lipinski definition) is 1. The molecule has 29 heavy (non-hydrogen) atoms. The van der Waals surface area contributed by atoms with Crippen LogP contribution in [0.1, 0.15) is 25.0 Å². The van der Waals surface area contributed by atoms with Gasteiger partial charge in [-0.2, -0.15) is 0 Å². The summed E-state index contributed by atoms with van der Waals surface area (Å²) in [5, 5.41) is 10.5. The molecule has 6 heteroatoms. The third-order valence-electron chi connectivity index (χ3n) is 5.63. The van der Waals surface area contributed by atoms with Gasteiger partial charge in [0, 0.05) is 4.75 Å². The van der Waals surface area contributed by atoms with E-state index in [2.05, 4.69) is 0 Å². The Labute approximate surface area is 175 Å². The standard InChI is InChI=1S/C23H25NO4S/c1-23(2)19(22(27)28-14-16-11-7-4-8-12-16)24-20(26)18(21(24)29-23)17(25)13-15-9-5-3-6-10-15/h3-12,17-19,21,25H,13-14H2,1-2H3/t17?,18?,19-,21+/m0/s1. The lowest BCUT2D eigenvalue weighted by molar-refractivity contribution is -0.172. The van der Waals surface area contributed by atoms with Crippen LogP contribution < -0.4 is 0 Å². The monoisotopic (exact) mass is 411 g/mol. The molecule has 152 valence electrons. The van der Waals surface area contributed by atoms with Crippen molar-refractivity contribution in [3.05, 3.63) is 71.8 Å². The molecule has 2 heterocycles. The van der Waals surface area contributed by atoms with Crippen molar-refractivity contribution < 1.29 is 19.4 Å². The average Bonchev–Trinajstić information content (AvgIpc) is 2.95. The maximum Gasteiger partial charge on any atom is 0.330 e. The van der Waals surface area contributed by atoms with Crippen LogP contribution in [0.25, 0.3) is 0 Å². The number of hydrogen-bond acceptors (Lipinski definition) is 5.